The zero-order chi connectivity index (χ0) is 24.3. The van der Waals surface area contributed by atoms with Gasteiger partial charge < -0.3 is 36.3 Å². The third-order valence-electron chi connectivity index (χ3n) is 4.42. The average Bonchev–Trinajstić information content (AvgIpc) is 2.80. The number of carbonyl (C=O) groups is 2. The summed E-state index contributed by atoms with van der Waals surface area (Å²) in [5.41, 5.74) is 10.9. The van der Waals surface area contributed by atoms with E-state index in [4.69, 9.17) is 25.7 Å². The molecule has 2 amide bonds. The van der Waals surface area contributed by atoms with E-state index in [2.05, 4.69) is 17.6 Å². The molecule has 0 aromatic rings. The van der Waals surface area contributed by atoms with Crippen LogP contribution in [0.5, 0.6) is 0 Å². The van der Waals surface area contributed by atoms with Gasteiger partial charge >= 0.3 is 12.2 Å². The molecule has 0 aliphatic carbocycles. The molecule has 0 heterocycles. The van der Waals surface area contributed by atoms with Crippen molar-refractivity contribution in [3.63, 3.8) is 0 Å². The number of ether oxygens (including phenoxy) is 3. The molecule has 0 spiro atoms. The highest BCUT2D eigenvalue weighted by Crippen LogP contribution is 2.01. The van der Waals surface area contributed by atoms with Gasteiger partial charge in [-0.05, 0) is 45.2 Å². The number of amides is 2. The Bertz CT molecular complexity index is 414. The summed E-state index contributed by atoms with van der Waals surface area (Å²) in [5, 5.41) is 5.43. The highest BCUT2D eigenvalue weighted by molar-refractivity contribution is 5.68. The van der Waals surface area contributed by atoms with Crippen molar-refractivity contribution in [1.82, 2.24) is 10.6 Å². The quantitative estimate of drug-likeness (QED) is 0.202. The summed E-state index contributed by atoms with van der Waals surface area (Å²) in [7, 11) is 0. The van der Waals surface area contributed by atoms with Gasteiger partial charge in [0.05, 0.1) is 6.61 Å². The Hall–Kier alpha value is -1.58. The molecule has 0 saturated carbocycles. The first-order valence-electron chi connectivity index (χ1n) is 12.5. The van der Waals surface area contributed by atoms with Crippen LogP contribution in [0.2, 0.25) is 0 Å². The van der Waals surface area contributed by atoms with Crippen molar-refractivity contribution < 1.29 is 23.8 Å². The van der Waals surface area contributed by atoms with E-state index in [1.54, 1.807) is 0 Å². The van der Waals surface area contributed by atoms with Crippen LogP contribution in [0.4, 0.5) is 9.59 Å². The maximum atomic E-state index is 12.0. The number of carbonyl (C=O) groups excluding carboxylic acids is 2. The van der Waals surface area contributed by atoms with Crippen molar-refractivity contribution in [2.75, 3.05) is 46.0 Å². The minimum atomic E-state index is -0.644. The van der Waals surface area contributed by atoms with Crippen LogP contribution in [0.15, 0.2) is 0 Å². The minimum absolute atomic E-state index is 0.0466. The molecule has 1 unspecified atom stereocenters. The largest absolute Gasteiger partial charge is 0.446 e. The van der Waals surface area contributed by atoms with Crippen molar-refractivity contribution in [2.24, 2.45) is 11.5 Å². The molecule has 0 bridgehead atoms. The summed E-state index contributed by atoms with van der Waals surface area (Å²) in [6.45, 7) is 9.27. The maximum Gasteiger partial charge on any atom is 0.407 e. The van der Waals surface area contributed by atoms with Crippen LogP contribution >= 0.6 is 0 Å². The zero-order valence-corrected chi connectivity index (χ0v) is 20.8. The first-order valence-corrected chi connectivity index (χ1v) is 12.5. The highest BCUT2D eigenvalue weighted by atomic mass is 16.6. The number of rotatable bonds is 20. The summed E-state index contributed by atoms with van der Waals surface area (Å²) in [6.07, 6.45) is 8.13. The zero-order valence-electron chi connectivity index (χ0n) is 20.8. The van der Waals surface area contributed by atoms with E-state index >= 15 is 0 Å². The van der Waals surface area contributed by atoms with Gasteiger partial charge in [0.1, 0.15) is 6.61 Å². The van der Waals surface area contributed by atoms with Gasteiger partial charge in [-0.2, -0.15) is 0 Å². The smallest absolute Gasteiger partial charge is 0.407 e. The summed E-state index contributed by atoms with van der Waals surface area (Å²) in [4.78, 5) is 23.8. The molecule has 0 saturated heterocycles. The molecule has 1 atom stereocenters. The topological polar surface area (TPSA) is 138 Å². The maximum absolute atomic E-state index is 12.0. The number of nitrogens with one attached hydrogen (secondary N) is 2. The van der Waals surface area contributed by atoms with Gasteiger partial charge in [-0.1, -0.05) is 52.9 Å². The van der Waals surface area contributed by atoms with E-state index < -0.39 is 18.3 Å². The predicted molar refractivity (Wildman–Crippen MR) is 130 cm³/mol. The lowest BCUT2D eigenvalue weighted by Crippen LogP contribution is -2.36. The van der Waals surface area contributed by atoms with Crippen molar-refractivity contribution in [2.45, 2.75) is 91.1 Å². The molecule has 0 aromatic heterocycles. The van der Waals surface area contributed by atoms with Crippen molar-refractivity contribution in [1.29, 1.82) is 0 Å². The Morgan fingerprint density at radius 2 is 1.28 bits per heavy atom. The molecule has 9 nitrogen and oxygen atoms in total. The first-order chi connectivity index (χ1) is 15.6. The molecule has 0 aliphatic rings. The molecule has 0 radical (unpaired) electrons. The number of hydrogen-bond donors (Lipinski definition) is 4. The second-order valence-corrected chi connectivity index (χ2v) is 7.31. The summed E-state index contributed by atoms with van der Waals surface area (Å²) < 4.78 is 16.1. The molecule has 9 heteroatoms. The lowest BCUT2D eigenvalue weighted by Gasteiger charge is -2.18. The molecular weight excluding hydrogens is 412 g/mol. The summed E-state index contributed by atoms with van der Waals surface area (Å²) in [6, 6.07) is 0. The molecule has 192 valence electrons. The Morgan fingerprint density at radius 1 is 0.750 bits per heavy atom. The third kappa shape index (κ3) is 24.7. The van der Waals surface area contributed by atoms with Crippen LogP contribution in [0, 0.1) is 0 Å². The Balaban J connectivity index is 0. The normalized spacial score (nSPS) is 11.2. The van der Waals surface area contributed by atoms with Crippen LogP contribution in [0.25, 0.3) is 0 Å². The molecule has 6 N–H and O–H groups in total. The van der Waals surface area contributed by atoms with Gasteiger partial charge in [-0.3, -0.25) is 0 Å². The van der Waals surface area contributed by atoms with E-state index in [1.165, 1.54) is 0 Å². The molecule has 32 heavy (non-hydrogen) atoms. The van der Waals surface area contributed by atoms with Crippen molar-refractivity contribution in [3.8, 4) is 0 Å². The molecule has 0 rings (SSSR count). The summed E-state index contributed by atoms with van der Waals surface area (Å²) >= 11 is 0. The number of unbranched alkanes of at least 4 members (excludes halogenated alkanes) is 7. The van der Waals surface area contributed by atoms with E-state index in [0.29, 0.717) is 32.8 Å². The van der Waals surface area contributed by atoms with Gasteiger partial charge in [-0.25, -0.2) is 9.59 Å². The molecule has 0 aliphatic heterocycles. The van der Waals surface area contributed by atoms with Crippen LogP contribution in [0.1, 0.15) is 85.0 Å². The fraction of sp³-hybridized carbons (Fsp3) is 0.913. The Morgan fingerprint density at radius 3 is 1.81 bits per heavy atom. The molecule has 0 aromatic carbocycles. The predicted octanol–water partition coefficient (Wildman–Crippen LogP) is 3.69. The average molecular weight is 463 g/mol. The highest BCUT2D eigenvalue weighted by Gasteiger charge is 2.17. The number of alkyl carbamates (subject to hydrolysis) is 2. The van der Waals surface area contributed by atoms with E-state index in [9.17, 15) is 9.59 Å². The fourth-order valence-corrected chi connectivity index (χ4v) is 2.62. The SMILES string of the molecule is CC.CCCCOCC(COC(=O)NCCCCCCN)OC(=O)NCCCCCCN. The Labute approximate surface area is 195 Å². The van der Waals surface area contributed by atoms with Gasteiger partial charge in [0.2, 0.25) is 0 Å². The van der Waals surface area contributed by atoms with Crippen LogP contribution in [0.3, 0.4) is 0 Å². The van der Waals surface area contributed by atoms with Crippen molar-refractivity contribution >= 4 is 12.2 Å². The Kier molecular flexibility index (Phi) is 28.0. The fourth-order valence-electron chi connectivity index (χ4n) is 2.62. The van der Waals surface area contributed by atoms with E-state index in [1.807, 2.05) is 13.8 Å². The van der Waals surface area contributed by atoms with Crippen LogP contribution < -0.4 is 22.1 Å². The third-order valence-corrected chi connectivity index (χ3v) is 4.42. The first kappa shape index (κ1) is 32.6. The standard InChI is InChI=1S/C21H44N4O5.C2H6/c1-2-3-16-28-17-19(30-21(27)25-15-11-7-5-9-13-23)18-29-20(26)24-14-10-6-4-8-12-22;1-2/h19H,2-18,22-23H2,1H3,(H,24,26)(H,25,27);1-2H3. The van der Waals surface area contributed by atoms with Gasteiger partial charge in [-0.15, -0.1) is 0 Å². The lowest BCUT2D eigenvalue weighted by atomic mass is 10.2. The van der Waals surface area contributed by atoms with E-state index in [-0.39, 0.29) is 13.2 Å². The summed E-state index contributed by atoms with van der Waals surface area (Å²) in [5.74, 6) is 0. The van der Waals surface area contributed by atoms with Gasteiger partial charge in [0, 0.05) is 19.7 Å². The van der Waals surface area contributed by atoms with Gasteiger partial charge in [0.25, 0.3) is 0 Å². The molecule has 0 fully saturated rings. The van der Waals surface area contributed by atoms with Crippen LogP contribution in [-0.4, -0.2) is 64.3 Å². The second kappa shape index (κ2) is 27.5. The number of nitrogens with two attached hydrogens (primary N) is 2. The minimum Gasteiger partial charge on any atom is -0.446 e. The van der Waals surface area contributed by atoms with E-state index in [0.717, 1.165) is 64.2 Å². The van der Waals surface area contributed by atoms with Crippen molar-refractivity contribution in [3.05, 3.63) is 0 Å². The monoisotopic (exact) mass is 462 g/mol. The second-order valence-electron chi connectivity index (χ2n) is 7.31. The number of hydrogen-bond acceptors (Lipinski definition) is 7. The van der Waals surface area contributed by atoms with Gasteiger partial charge in [0.15, 0.2) is 6.10 Å². The lowest BCUT2D eigenvalue weighted by molar-refractivity contribution is -0.0122. The van der Waals surface area contributed by atoms with Crippen LogP contribution in [-0.2, 0) is 14.2 Å². The molecular formula is C23H50N4O5.